The summed E-state index contributed by atoms with van der Waals surface area (Å²) in [6.45, 7) is 1.98. The Hall–Kier alpha value is -1.80. The number of hydrogen-bond donors (Lipinski definition) is 1. The maximum atomic E-state index is 5.94. The normalized spacial score (nSPS) is 10.4. The van der Waals surface area contributed by atoms with E-state index in [-0.39, 0.29) is 0 Å². The molecular weight excluding hydrogens is 246 g/mol. The Morgan fingerprint density at radius 3 is 2.45 bits per heavy atom. The molecule has 0 radical (unpaired) electrons. The lowest BCUT2D eigenvalue weighted by Gasteiger charge is -2.11. The molecule has 106 valence electrons. The molecule has 0 amide bonds. The predicted octanol–water partition coefficient (Wildman–Crippen LogP) is 2.63. The second-order valence-electron chi connectivity index (χ2n) is 5.02. The minimum absolute atomic E-state index is 0.805. The van der Waals surface area contributed by atoms with Gasteiger partial charge in [0.2, 0.25) is 0 Å². The molecule has 2 rings (SSSR count). The van der Waals surface area contributed by atoms with Crippen LogP contribution in [0.4, 0.5) is 0 Å². The van der Waals surface area contributed by atoms with Crippen molar-refractivity contribution in [1.29, 1.82) is 0 Å². The number of ether oxygens (including phenoxy) is 1. The zero-order valence-corrected chi connectivity index (χ0v) is 12.2. The number of para-hydroxylation sites is 1. The highest BCUT2D eigenvalue weighted by Crippen LogP contribution is 2.21. The maximum Gasteiger partial charge on any atom is 0.122 e. The predicted molar refractivity (Wildman–Crippen MR) is 83.1 cm³/mol. The molecule has 0 spiro atoms. The third-order valence-corrected chi connectivity index (χ3v) is 3.35. The van der Waals surface area contributed by atoms with Crippen molar-refractivity contribution in [3.8, 4) is 5.75 Å². The largest absolute Gasteiger partial charge is 0.493 e. The van der Waals surface area contributed by atoms with Gasteiger partial charge >= 0.3 is 0 Å². The molecule has 0 unspecified atom stereocenters. The summed E-state index contributed by atoms with van der Waals surface area (Å²) in [4.78, 5) is 0. The first-order chi connectivity index (χ1) is 9.90. The van der Waals surface area contributed by atoms with E-state index in [2.05, 4.69) is 60.9 Å². The molecule has 0 bridgehead atoms. The average molecular weight is 270 g/mol. The highest BCUT2D eigenvalue weighted by Gasteiger charge is 2.04. The summed E-state index contributed by atoms with van der Waals surface area (Å²) in [6.07, 6.45) is 3.25. The van der Waals surface area contributed by atoms with Crippen molar-refractivity contribution in [2.24, 2.45) is 0 Å². The van der Waals surface area contributed by atoms with E-state index in [4.69, 9.17) is 4.74 Å². The Bertz CT molecular complexity index is 496. The van der Waals surface area contributed by atoms with Gasteiger partial charge in [-0.1, -0.05) is 48.5 Å². The lowest BCUT2D eigenvalue weighted by molar-refractivity contribution is -0.627. The fourth-order valence-electron chi connectivity index (χ4n) is 2.24. The SMILES string of the molecule is C[NH2+]CCCCOc1ccccc1Cc1ccccc1. The van der Waals surface area contributed by atoms with Crippen LogP contribution in [0.3, 0.4) is 0 Å². The van der Waals surface area contributed by atoms with Gasteiger partial charge in [-0.2, -0.15) is 0 Å². The molecule has 2 aromatic rings. The molecule has 0 saturated carbocycles. The highest BCUT2D eigenvalue weighted by molar-refractivity contribution is 5.37. The van der Waals surface area contributed by atoms with Gasteiger partial charge in [0.05, 0.1) is 20.2 Å². The number of unbranched alkanes of at least 4 members (excludes halogenated alkanes) is 1. The van der Waals surface area contributed by atoms with Gasteiger partial charge in [-0.3, -0.25) is 0 Å². The Morgan fingerprint density at radius 1 is 0.900 bits per heavy atom. The summed E-state index contributed by atoms with van der Waals surface area (Å²) in [5, 5.41) is 2.21. The molecule has 0 aromatic heterocycles. The highest BCUT2D eigenvalue weighted by atomic mass is 16.5. The lowest BCUT2D eigenvalue weighted by Crippen LogP contribution is -2.79. The zero-order chi connectivity index (χ0) is 14.0. The van der Waals surface area contributed by atoms with Gasteiger partial charge in [0.1, 0.15) is 5.75 Å². The van der Waals surface area contributed by atoms with Gasteiger partial charge in [0.15, 0.2) is 0 Å². The first-order valence-electron chi connectivity index (χ1n) is 7.42. The number of nitrogens with two attached hydrogens (primary N) is 1. The number of hydrogen-bond acceptors (Lipinski definition) is 1. The summed E-state index contributed by atoms with van der Waals surface area (Å²) in [5.41, 5.74) is 2.59. The van der Waals surface area contributed by atoms with Crippen molar-refractivity contribution >= 4 is 0 Å². The molecule has 0 aliphatic heterocycles. The third kappa shape index (κ3) is 4.71. The second-order valence-corrected chi connectivity index (χ2v) is 5.02. The van der Waals surface area contributed by atoms with Gasteiger partial charge in [0.25, 0.3) is 0 Å². The monoisotopic (exact) mass is 270 g/mol. The Morgan fingerprint density at radius 2 is 1.65 bits per heavy atom. The molecule has 0 aliphatic carbocycles. The van der Waals surface area contributed by atoms with Crippen LogP contribution >= 0.6 is 0 Å². The van der Waals surface area contributed by atoms with Crippen LogP contribution in [0.5, 0.6) is 5.75 Å². The van der Waals surface area contributed by atoms with E-state index in [1.54, 1.807) is 0 Å². The van der Waals surface area contributed by atoms with Crippen LogP contribution in [0.1, 0.15) is 24.0 Å². The minimum atomic E-state index is 0.805. The van der Waals surface area contributed by atoms with Gasteiger partial charge < -0.3 is 10.1 Å². The van der Waals surface area contributed by atoms with Crippen molar-refractivity contribution in [2.45, 2.75) is 19.3 Å². The van der Waals surface area contributed by atoms with Crippen LogP contribution in [0.15, 0.2) is 54.6 Å². The van der Waals surface area contributed by atoms with Gasteiger partial charge in [-0.05, 0) is 30.0 Å². The summed E-state index contributed by atoms with van der Waals surface area (Å²) in [5.74, 6) is 1.02. The van der Waals surface area contributed by atoms with Crippen molar-refractivity contribution in [2.75, 3.05) is 20.2 Å². The minimum Gasteiger partial charge on any atom is -0.493 e. The fourth-order valence-corrected chi connectivity index (χ4v) is 2.24. The van der Waals surface area contributed by atoms with Crippen LogP contribution < -0.4 is 10.1 Å². The molecule has 0 heterocycles. The van der Waals surface area contributed by atoms with Crippen LogP contribution in [0.2, 0.25) is 0 Å². The Labute approximate surface area is 121 Å². The van der Waals surface area contributed by atoms with Gasteiger partial charge in [-0.25, -0.2) is 0 Å². The van der Waals surface area contributed by atoms with Crippen LogP contribution in [-0.2, 0) is 6.42 Å². The summed E-state index contributed by atoms with van der Waals surface area (Å²) in [7, 11) is 2.11. The second kappa shape index (κ2) is 8.39. The molecule has 0 saturated heterocycles. The smallest absolute Gasteiger partial charge is 0.122 e. The number of rotatable bonds is 8. The molecule has 2 nitrogen and oxygen atoms in total. The van der Waals surface area contributed by atoms with Crippen LogP contribution in [-0.4, -0.2) is 20.2 Å². The van der Waals surface area contributed by atoms with Crippen molar-refractivity contribution < 1.29 is 10.1 Å². The van der Waals surface area contributed by atoms with Crippen LogP contribution in [0, 0.1) is 0 Å². The van der Waals surface area contributed by atoms with Crippen molar-refractivity contribution in [1.82, 2.24) is 0 Å². The van der Waals surface area contributed by atoms with E-state index >= 15 is 0 Å². The standard InChI is InChI=1S/C18H23NO/c1-19-13-7-8-14-20-18-12-6-5-11-17(18)15-16-9-3-2-4-10-16/h2-6,9-12,19H,7-8,13-15H2,1H3/p+1. The van der Waals surface area contributed by atoms with E-state index in [9.17, 15) is 0 Å². The molecule has 0 atom stereocenters. The van der Waals surface area contributed by atoms with Crippen LogP contribution in [0.25, 0.3) is 0 Å². The van der Waals surface area contributed by atoms with E-state index in [1.165, 1.54) is 24.1 Å². The summed E-state index contributed by atoms with van der Waals surface area (Å²) in [6, 6.07) is 18.9. The summed E-state index contributed by atoms with van der Waals surface area (Å²) < 4.78 is 5.94. The molecule has 2 N–H and O–H groups in total. The molecule has 2 aromatic carbocycles. The first kappa shape index (κ1) is 14.6. The van der Waals surface area contributed by atoms with E-state index in [1.807, 2.05) is 6.07 Å². The Balaban J connectivity index is 1.92. The van der Waals surface area contributed by atoms with E-state index in [0.29, 0.717) is 0 Å². The average Bonchev–Trinajstić information content (AvgIpc) is 2.50. The summed E-state index contributed by atoms with van der Waals surface area (Å²) >= 11 is 0. The van der Waals surface area contributed by atoms with Crippen molar-refractivity contribution in [3.05, 3.63) is 65.7 Å². The van der Waals surface area contributed by atoms with Gasteiger partial charge in [0, 0.05) is 6.42 Å². The van der Waals surface area contributed by atoms with Crippen molar-refractivity contribution in [3.63, 3.8) is 0 Å². The molecule has 0 fully saturated rings. The first-order valence-corrected chi connectivity index (χ1v) is 7.42. The third-order valence-electron chi connectivity index (χ3n) is 3.35. The Kier molecular flexibility index (Phi) is 6.12. The van der Waals surface area contributed by atoms with Gasteiger partial charge in [-0.15, -0.1) is 0 Å². The number of benzene rings is 2. The molecule has 2 heteroatoms. The fraction of sp³-hybridized carbons (Fsp3) is 0.333. The molecule has 20 heavy (non-hydrogen) atoms. The number of quaternary nitrogens is 1. The maximum absolute atomic E-state index is 5.94. The van der Waals surface area contributed by atoms with E-state index < -0.39 is 0 Å². The van der Waals surface area contributed by atoms with E-state index in [0.717, 1.165) is 25.2 Å². The zero-order valence-electron chi connectivity index (χ0n) is 12.2. The molecule has 0 aliphatic rings. The molecular formula is C18H24NO+. The quantitative estimate of drug-likeness (QED) is 0.733. The topological polar surface area (TPSA) is 25.8 Å². The lowest BCUT2D eigenvalue weighted by atomic mass is 10.0.